The molecule has 4 rings (SSSR count). The van der Waals surface area contributed by atoms with Gasteiger partial charge in [-0.15, -0.1) is 11.3 Å². The van der Waals surface area contributed by atoms with E-state index in [2.05, 4.69) is 51.6 Å². The molecule has 1 amide bonds. The van der Waals surface area contributed by atoms with Gasteiger partial charge in [0.05, 0.1) is 37.6 Å². The second-order valence-electron chi connectivity index (χ2n) is 7.01. The molecule has 144 valence electrons. The Morgan fingerprint density at radius 3 is 2.61 bits per heavy atom. The Morgan fingerprint density at radius 1 is 1.11 bits per heavy atom. The average molecular weight is 394 g/mol. The lowest BCUT2D eigenvalue weighted by atomic mass is 10.1. The number of hydrogen-bond donors (Lipinski definition) is 2. The van der Waals surface area contributed by atoms with E-state index in [9.17, 15) is 4.79 Å². The number of piperazine rings is 1. The van der Waals surface area contributed by atoms with Crippen molar-refractivity contribution in [3.8, 4) is 0 Å². The zero-order valence-corrected chi connectivity index (χ0v) is 16.6. The van der Waals surface area contributed by atoms with Gasteiger partial charge >= 0.3 is 0 Å². The summed E-state index contributed by atoms with van der Waals surface area (Å²) in [4.78, 5) is 21.4. The van der Waals surface area contributed by atoms with Crippen LogP contribution in [-0.4, -0.2) is 43.6 Å². The van der Waals surface area contributed by atoms with Gasteiger partial charge in [0, 0.05) is 23.6 Å². The molecule has 0 saturated carbocycles. The molecule has 1 fully saturated rings. The number of thiophene rings is 1. The lowest BCUT2D eigenvalue weighted by Crippen LogP contribution is -3.15. The smallest absolute Gasteiger partial charge is 0.261 e. The van der Waals surface area contributed by atoms with E-state index in [-0.39, 0.29) is 11.9 Å². The van der Waals surface area contributed by atoms with E-state index in [4.69, 9.17) is 0 Å². The maximum absolute atomic E-state index is 12.4. The first-order valence-electron chi connectivity index (χ1n) is 9.67. The summed E-state index contributed by atoms with van der Waals surface area (Å²) in [5.74, 6) is 0.00575. The molecule has 28 heavy (non-hydrogen) atoms. The molecule has 3 aromatic rings. The number of nitrogens with zero attached hydrogens (tertiary/aromatic N) is 2. The Balaban J connectivity index is 1.43. The quantitative estimate of drug-likeness (QED) is 0.674. The number of aromatic nitrogens is 1. The van der Waals surface area contributed by atoms with Crippen LogP contribution < -0.4 is 15.1 Å². The fourth-order valence-electron chi connectivity index (χ4n) is 3.81. The van der Waals surface area contributed by atoms with Crippen molar-refractivity contribution in [1.29, 1.82) is 0 Å². The van der Waals surface area contributed by atoms with E-state index >= 15 is 0 Å². The molecule has 3 heterocycles. The van der Waals surface area contributed by atoms with Gasteiger partial charge in [-0.25, -0.2) is 0 Å². The van der Waals surface area contributed by atoms with Crippen LogP contribution in [0.2, 0.25) is 0 Å². The Labute approximate surface area is 169 Å². The molecule has 6 heteroatoms. The lowest BCUT2D eigenvalue weighted by Gasteiger charge is -2.37. The second-order valence-corrected chi connectivity index (χ2v) is 7.95. The van der Waals surface area contributed by atoms with Crippen LogP contribution in [0.1, 0.15) is 21.3 Å². The number of carbonyl (C=O) groups is 1. The van der Waals surface area contributed by atoms with Gasteiger partial charge in [-0.1, -0.05) is 24.3 Å². The molecule has 0 radical (unpaired) electrons. The van der Waals surface area contributed by atoms with E-state index in [1.165, 1.54) is 27.5 Å². The Hall–Kier alpha value is -2.70. The maximum atomic E-state index is 12.4. The van der Waals surface area contributed by atoms with Gasteiger partial charge in [-0.05, 0) is 35.7 Å². The molecule has 1 aliphatic rings. The third-order valence-electron chi connectivity index (χ3n) is 5.32. The van der Waals surface area contributed by atoms with Gasteiger partial charge in [0.2, 0.25) is 0 Å². The number of benzene rings is 1. The maximum Gasteiger partial charge on any atom is 0.261 e. The molecular weight excluding hydrogens is 368 g/mol. The van der Waals surface area contributed by atoms with Crippen LogP contribution in [0.15, 0.2) is 72.4 Å². The van der Waals surface area contributed by atoms with Gasteiger partial charge in [0.1, 0.15) is 6.04 Å². The van der Waals surface area contributed by atoms with E-state index in [0.29, 0.717) is 6.54 Å². The summed E-state index contributed by atoms with van der Waals surface area (Å²) < 4.78 is 0. The van der Waals surface area contributed by atoms with Crippen molar-refractivity contribution in [3.63, 3.8) is 0 Å². The number of carbonyl (C=O) groups excluding carboxylic acids is 1. The molecule has 0 bridgehead atoms. The molecule has 1 saturated heterocycles. The predicted octanol–water partition coefficient (Wildman–Crippen LogP) is 2.02. The molecule has 0 spiro atoms. The van der Waals surface area contributed by atoms with E-state index in [1.807, 2.05) is 29.8 Å². The Kier molecular flexibility index (Phi) is 5.99. The fourth-order valence-corrected chi connectivity index (χ4v) is 4.45. The van der Waals surface area contributed by atoms with Crippen LogP contribution in [0, 0.1) is 0 Å². The van der Waals surface area contributed by atoms with Crippen molar-refractivity contribution in [1.82, 2.24) is 10.3 Å². The molecule has 1 aromatic carbocycles. The monoisotopic (exact) mass is 393 g/mol. The molecular formula is C22H25N4OS+. The van der Waals surface area contributed by atoms with Crippen LogP contribution in [0.5, 0.6) is 0 Å². The first kappa shape index (κ1) is 18.7. The fraction of sp³-hybridized carbons (Fsp3) is 0.273. The standard InChI is InChI=1S/C22H24N4OS/c27-22(21-9-5-15-28-21)24-17-20(18-6-4-10-23-16-18)26-13-11-25(12-14-26)19-7-2-1-3-8-19/h1-10,15-16,20H,11-14,17H2,(H,24,27)/p+1. The van der Waals surface area contributed by atoms with Gasteiger partial charge in [-0.3, -0.25) is 9.78 Å². The van der Waals surface area contributed by atoms with Crippen molar-refractivity contribution in [2.45, 2.75) is 6.04 Å². The third kappa shape index (κ3) is 4.40. The van der Waals surface area contributed by atoms with E-state index in [0.717, 1.165) is 31.1 Å². The molecule has 2 N–H and O–H groups in total. The normalized spacial score (nSPS) is 15.9. The minimum atomic E-state index is 0.00575. The largest absolute Gasteiger partial charge is 0.360 e. The van der Waals surface area contributed by atoms with Crippen LogP contribution >= 0.6 is 11.3 Å². The number of amides is 1. The van der Waals surface area contributed by atoms with E-state index < -0.39 is 0 Å². The third-order valence-corrected chi connectivity index (χ3v) is 6.19. The Morgan fingerprint density at radius 2 is 1.93 bits per heavy atom. The van der Waals surface area contributed by atoms with Crippen LogP contribution in [0.4, 0.5) is 5.69 Å². The zero-order valence-electron chi connectivity index (χ0n) is 15.8. The number of anilines is 1. The first-order valence-corrected chi connectivity index (χ1v) is 10.6. The van der Waals surface area contributed by atoms with E-state index in [1.54, 1.807) is 6.20 Å². The van der Waals surface area contributed by atoms with Crippen molar-refractivity contribution >= 4 is 22.9 Å². The topological polar surface area (TPSA) is 49.7 Å². The number of hydrogen-bond acceptors (Lipinski definition) is 4. The van der Waals surface area contributed by atoms with Crippen molar-refractivity contribution in [2.24, 2.45) is 0 Å². The molecule has 1 unspecified atom stereocenters. The number of pyridine rings is 1. The SMILES string of the molecule is O=C(NCC(c1cccnc1)[NH+]1CCN(c2ccccc2)CC1)c1cccs1. The van der Waals surface area contributed by atoms with Gasteiger partial charge in [-0.2, -0.15) is 0 Å². The summed E-state index contributed by atoms with van der Waals surface area (Å²) >= 11 is 1.47. The summed E-state index contributed by atoms with van der Waals surface area (Å²) in [6, 6.07) is 18.6. The second kappa shape index (κ2) is 8.99. The highest BCUT2D eigenvalue weighted by molar-refractivity contribution is 7.12. The number of quaternary nitrogens is 1. The van der Waals surface area contributed by atoms with Crippen molar-refractivity contribution < 1.29 is 9.69 Å². The highest BCUT2D eigenvalue weighted by atomic mass is 32.1. The van der Waals surface area contributed by atoms with Gasteiger partial charge in [0.25, 0.3) is 5.91 Å². The molecule has 5 nitrogen and oxygen atoms in total. The molecule has 1 aliphatic heterocycles. The minimum Gasteiger partial charge on any atom is -0.360 e. The summed E-state index contributed by atoms with van der Waals surface area (Å²) in [6.45, 7) is 4.69. The number of nitrogens with one attached hydrogen (secondary N) is 2. The summed E-state index contributed by atoms with van der Waals surface area (Å²) in [5.41, 5.74) is 2.46. The average Bonchev–Trinajstić information content (AvgIpc) is 3.31. The molecule has 0 aliphatic carbocycles. The highest BCUT2D eigenvalue weighted by Crippen LogP contribution is 2.14. The van der Waals surface area contributed by atoms with Crippen molar-refractivity contribution in [3.05, 3.63) is 82.8 Å². The predicted molar refractivity (Wildman–Crippen MR) is 113 cm³/mol. The van der Waals surface area contributed by atoms with Crippen molar-refractivity contribution in [2.75, 3.05) is 37.6 Å². The van der Waals surface area contributed by atoms with Crippen LogP contribution in [0.3, 0.4) is 0 Å². The lowest BCUT2D eigenvalue weighted by molar-refractivity contribution is -0.931. The summed E-state index contributed by atoms with van der Waals surface area (Å²) in [5, 5.41) is 5.07. The first-order chi connectivity index (χ1) is 13.8. The Bertz CT molecular complexity index is 862. The molecule has 1 atom stereocenters. The summed E-state index contributed by atoms with van der Waals surface area (Å²) in [7, 11) is 0. The van der Waals surface area contributed by atoms with Gasteiger partial charge < -0.3 is 15.1 Å². The van der Waals surface area contributed by atoms with Gasteiger partial charge in [0.15, 0.2) is 0 Å². The minimum absolute atomic E-state index is 0.00575. The van der Waals surface area contributed by atoms with Crippen LogP contribution in [-0.2, 0) is 0 Å². The number of para-hydroxylation sites is 1. The summed E-state index contributed by atoms with van der Waals surface area (Å²) in [6.07, 6.45) is 3.73. The number of rotatable bonds is 6. The molecule has 2 aromatic heterocycles. The highest BCUT2D eigenvalue weighted by Gasteiger charge is 2.29. The zero-order chi connectivity index (χ0) is 19.2. The van der Waals surface area contributed by atoms with Crippen LogP contribution in [0.25, 0.3) is 0 Å².